The first kappa shape index (κ1) is 13.6. The van der Waals surface area contributed by atoms with Gasteiger partial charge in [0.15, 0.2) is 0 Å². The molecule has 0 bridgehead atoms. The molecule has 0 fully saturated rings. The largest absolute Gasteiger partial charge is 0.484 e. The lowest BCUT2D eigenvalue weighted by Crippen LogP contribution is -2.18. The highest BCUT2D eigenvalue weighted by molar-refractivity contribution is 14.1. The van der Waals surface area contributed by atoms with Crippen molar-refractivity contribution in [3.05, 3.63) is 62.7 Å². The van der Waals surface area contributed by atoms with Crippen molar-refractivity contribution < 1.29 is 4.74 Å². The third-order valence-corrected chi connectivity index (χ3v) is 3.48. The Morgan fingerprint density at radius 1 is 1.17 bits per heavy atom. The Morgan fingerprint density at radius 2 is 1.89 bits per heavy atom. The molecule has 0 aromatic heterocycles. The van der Waals surface area contributed by atoms with Crippen molar-refractivity contribution in [3.8, 4) is 5.75 Å². The maximum absolute atomic E-state index is 5.97. The lowest BCUT2D eigenvalue weighted by molar-refractivity contribution is 0.214. The Kier molecular flexibility index (Phi) is 4.86. The lowest BCUT2D eigenvalue weighted by Gasteiger charge is -2.18. The summed E-state index contributed by atoms with van der Waals surface area (Å²) in [5.41, 5.74) is 6.75. The summed E-state index contributed by atoms with van der Waals surface area (Å²) in [7, 11) is 0. The van der Waals surface area contributed by atoms with E-state index in [2.05, 4.69) is 22.6 Å². The fraction of sp³-hybridized carbons (Fsp3) is 0.143. The Hall–Kier alpha value is -0.780. The van der Waals surface area contributed by atoms with Crippen LogP contribution in [0.5, 0.6) is 5.75 Å². The Bertz CT molecular complexity index is 515. The van der Waals surface area contributed by atoms with Crippen molar-refractivity contribution >= 4 is 34.2 Å². The average molecular weight is 374 g/mol. The Morgan fingerprint density at radius 3 is 2.50 bits per heavy atom. The van der Waals surface area contributed by atoms with Gasteiger partial charge in [-0.25, -0.2) is 0 Å². The number of hydrogen-bond donors (Lipinski definition) is 1. The van der Waals surface area contributed by atoms with Gasteiger partial charge >= 0.3 is 0 Å². The smallest absolute Gasteiger partial charge is 0.136 e. The number of rotatable bonds is 4. The summed E-state index contributed by atoms with van der Waals surface area (Å²) in [6, 6.07) is 15.5. The van der Waals surface area contributed by atoms with Crippen LogP contribution in [0.2, 0.25) is 5.02 Å². The molecular weight excluding hydrogens is 361 g/mol. The molecule has 0 aliphatic carbocycles. The number of benzene rings is 2. The SMILES string of the molecule is NCC(Oc1ccc(I)cc1)c1cccc(Cl)c1. The van der Waals surface area contributed by atoms with Crippen LogP contribution >= 0.6 is 34.2 Å². The zero-order valence-electron chi connectivity index (χ0n) is 9.64. The van der Waals surface area contributed by atoms with Crippen molar-refractivity contribution in [1.29, 1.82) is 0 Å². The van der Waals surface area contributed by atoms with Crippen molar-refractivity contribution in [1.82, 2.24) is 0 Å². The van der Waals surface area contributed by atoms with Gasteiger partial charge in [-0.1, -0.05) is 23.7 Å². The first-order valence-electron chi connectivity index (χ1n) is 5.57. The normalized spacial score (nSPS) is 12.2. The molecule has 0 heterocycles. The minimum atomic E-state index is -0.177. The Labute approximate surface area is 125 Å². The molecule has 2 aromatic rings. The molecule has 1 atom stereocenters. The molecule has 2 N–H and O–H groups in total. The van der Waals surface area contributed by atoms with Gasteiger partial charge in [0.25, 0.3) is 0 Å². The summed E-state index contributed by atoms with van der Waals surface area (Å²) in [5, 5.41) is 0.692. The molecule has 0 aliphatic rings. The fourth-order valence-electron chi connectivity index (χ4n) is 1.64. The monoisotopic (exact) mass is 373 g/mol. The highest BCUT2D eigenvalue weighted by Crippen LogP contribution is 2.24. The van der Waals surface area contributed by atoms with E-state index in [9.17, 15) is 0 Å². The van der Waals surface area contributed by atoms with E-state index in [0.29, 0.717) is 11.6 Å². The third-order valence-electron chi connectivity index (χ3n) is 2.53. The van der Waals surface area contributed by atoms with E-state index in [1.165, 1.54) is 3.57 Å². The van der Waals surface area contributed by atoms with Crippen molar-refractivity contribution in [3.63, 3.8) is 0 Å². The maximum atomic E-state index is 5.97. The zero-order chi connectivity index (χ0) is 13.0. The topological polar surface area (TPSA) is 35.2 Å². The molecular formula is C14H13ClINO. The van der Waals surface area contributed by atoms with Crippen LogP contribution in [0.3, 0.4) is 0 Å². The second-order valence-electron chi connectivity index (χ2n) is 3.85. The van der Waals surface area contributed by atoms with Gasteiger partial charge in [-0.3, -0.25) is 0 Å². The molecule has 2 rings (SSSR count). The van der Waals surface area contributed by atoms with E-state index < -0.39 is 0 Å². The predicted molar refractivity (Wildman–Crippen MR) is 83.0 cm³/mol. The number of halogens is 2. The quantitative estimate of drug-likeness (QED) is 0.822. The van der Waals surface area contributed by atoms with E-state index in [-0.39, 0.29) is 6.10 Å². The Balaban J connectivity index is 2.17. The van der Waals surface area contributed by atoms with Gasteiger partial charge in [-0.15, -0.1) is 0 Å². The lowest BCUT2D eigenvalue weighted by atomic mass is 10.1. The molecule has 0 saturated carbocycles. The number of nitrogens with two attached hydrogens (primary N) is 1. The van der Waals surface area contributed by atoms with Gasteiger partial charge in [0.1, 0.15) is 11.9 Å². The van der Waals surface area contributed by atoms with Crippen LogP contribution in [0.25, 0.3) is 0 Å². The predicted octanol–water partition coefficient (Wildman–Crippen LogP) is 4.02. The molecule has 0 saturated heterocycles. The summed E-state index contributed by atoms with van der Waals surface area (Å²) in [4.78, 5) is 0. The summed E-state index contributed by atoms with van der Waals surface area (Å²) in [5.74, 6) is 0.811. The standard InChI is InChI=1S/C14H13ClINO/c15-11-3-1-2-10(8-11)14(9-17)18-13-6-4-12(16)5-7-13/h1-8,14H,9,17H2. The van der Waals surface area contributed by atoms with Gasteiger partial charge in [-0.2, -0.15) is 0 Å². The van der Waals surface area contributed by atoms with E-state index in [0.717, 1.165) is 11.3 Å². The van der Waals surface area contributed by atoms with Crippen LogP contribution in [-0.4, -0.2) is 6.54 Å². The molecule has 0 spiro atoms. The van der Waals surface area contributed by atoms with Crippen LogP contribution in [0.4, 0.5) is 0 Å². The molecule has 0 aliphatic heterocycles. The summed E-state index contributed by atoms with van der Waals surface area (Å²) in [6.45, 7) is 0.409. The van der Waals surface area contributed by atoms with Crippen LogP contribution < -0.4 is 10.5 Å². The van der Waals surface area contributed by atoms with Gasteiger partial charge in [0.2, 0.25) is 0 Å². The van der Waals surface area contributed by atoms with Crippen molar-refractivity contribution in [2.45, 2.75) is 6.10 Å². The summed E-state index contributed by atoms with van der Waals surface area (Å²) in [6.07, 6.45) is -0.177. The van der Waals surface area contributed by atoms with Gasteiger partial charge in [-0.05, 0) is 64.6 Å². The second kappa shape index (κ2) is 6.41. The molecule has 94 valence electrons. The average Bonchev–Trinajstić information content (AvgIpc) is 2.38. The third kappa shape index (κ3) is 3.60. The first-order valence-corrected chi connectivity index (χ1v) is 7.02. The molecule has 0 amide bonds. The second-order valence-corrected chi connectivity index (χ2v) is 5.53. The highest BCUT2D eigenvalue weighted by Gasteiger charge is 2.11. The van der Waals surface area contributed by atoms with Crippen LogP contribution in [0, 0.1) is 3.57 Å². The van der Waals surface area contributed by atoms with Gasteiger partial charge in [0, 0.05) is 15.1 Å². The van der Waals surface area contributed by atoms with E-state index in [1.54, 1.807) is 0 Å². The van der Waals surface area contributed by atoms with Gasteiger partial charge < -0.3 is 10.5 Å². The van der Waals surface area contributed by atoms with Crippen LogP contribution in [0.1, 0.15) is 11.7 Å². The van der Waals surface area contributed by atoms with E-state index >= 15 is 0 Å². The minimum Gasteiger partial charge on any atom is -0.484 e. The molecule has 18 heavy (non-hydrogen) atoms. The first-order chi connectivity index (χ1) is 8.69. The molecule has 0 radical (unpaired) electrons. The highest BCUT2D eigenvalue weighted by atomic mass is 127. The molecule has 1 unspecified atom stereocenters. The van der Waals surface area contributed by atoms with Crippen molar-refractivity contribution in [2.75, 3.05) is 6.54 Å². The fourth-order valence-corrected chi connectivity index (χ4v) is 2.19. The van der Waals surface area contributed by atoms with Crippen LogP contribution in [-0.2, 0) is 0 Å². The molecule has 2 aromatic carbocycles. The molecule has 4 heteroatoms. The van der Waals surface area contributed by atoms with Crippen molar-refractivity contribution in [2.24, 2.45) is 5.73 Å². The van der Waals surface area contributed by atoms with E-state index in [4.69, 9.17) is 22.1 Å². The minimum absolute atomic E-state index is 0.177. The number of hydrogen-bond acceptors (Lipinski definition) is 2. The summed E-state index contributed by atoms with van der Waals surface area (Å²) < 4.78 is 7.05. The van der Waals surface area contributed by atoms with E-state index in [1.807, 2.05) is 48.5 Å². The zero-order valence-corrected chi connectivity index (χ0v) is 12.6. The van der Waals surface area contributed by atoms with Crippen LogP contribution in [0.15, 0.2) is 48.5 Å². The summed E-state index contributed by atoms with van der Waals surface area (Å²) >= 11 is 8.23. The number of ether oxygens (including phenoxy) is 1. The maximum Gasteiger partial charge on any atom is 0.136 e. The van der Waals surface area contributed by atoms with Gasteiger partial charge in [0.05, 0.1) is 0 Å². The molecule has 2 nitrogen and oxygen atoms in total.